The molecule has 6 heteroatoms. The van der Waals surface area contributed by atoms with Gasteiger partial charge in [-0.3, -0.25) is 0 Å². The van der Waals surface area contributed by atoms with Crippen LogP contribution in [-0.2, 0) is 0 Å². The molecule has 2 N–H and O–H groups in total. The molecule has 1 atom stereocenters. The molecule has 0 saturated carbocycles. The van der Waals surface area contributed by atoms with Crippen molar-refractivity contribution in [2.24, 2.45) is 5.92 Å². The number of rotatable bonds is 3. The number of nitrogens with zero attached hydrogens (tertiary/aromatic N) is 3. The molecule has 13 heavy (non-hydrogen) atoms. The molecule has 2 rings (SSSR count). The summed E-state index contributed by atoms with van der Waals surface area (Å²) in [5.74, 6) is 0.720. The van der Waals surface area contributed by atoms with E-state index in [9.17, 15) is 0 Å². The van der Waals surface area contributed by atoms with Gasteiger partial charge in [0, 0.05) is 18.1 Å². The van der Waals surface area contributed by atoms with Crippen molar-refractivity contribution in [3.8, 4) is 0 Å². The minimum Gasteiger partial charge on any atom is -0.359 e. The Morgan fingerprint density at radius 2 is 2.62 bits per heavy atom. The molecule has 72 valence electrons. The summed E-state index contributed by atoms with van der Waals surface area (Å²) in [6, 6.07) is 0. The second kappa shape index (κ2) is 4.48. The second-order valence-electron chi connectivity index (χ2n) is 3.26. The van der Waals surface area contributed by atoms with E-state index >= 15 is 0 Å². The molecule has 2 heterocycles. The van der Waals surface area contributed by atoms with E-state index in [1.165, 1.54) is 24.4 Å². The molecule has 0 aliphatic carbocycles. The third-order valence-electron chi connectivity index (χ3n) is 2.24. The molecule has 1 aromatic heterocycles. The Kier molecular flexibility index (Phi) is 3.04. The maximum absolute atomic E-state index is 3.83. The Balaban J connectivity index is 1.72. The number of piperidine rings is 1. The first kappa shape index (κ1) is 8.83. The highest BCUT2D eigenvalue weighted by atomic mass is 32.1. The fraction of sp³-hybridized carbons (Fsp3) is 0.857. The van der Waals surface area contributed by atoms with Crippen molar-refractivity contribution in [3.05, 3.63) is 0 Å². The van der Waals surface area contributed by atoms with Crippen molar-refractivity contribution < 1.29 is 0 Å². The second-order valence-corrected chi connectivity index (χ2v) is 3.99. The van der Waals surface area contributed by atoms with Crippen LogP contribution in [0.25, 0.3) is 0 Å². The maximum atomic E-state index is 3.83. The summed E-state index contributed by atoms with van der Waals surface area (Å²) in [7, 11) is 0. The zero-order chi connectivity index (χ0) is 8.93. The van der Waals surface area contributed by atoms with Gasteiger partial charge in [-0.1, -0.05) is 9.59 Å². The zero-order valence-electron chi connectivity index (χ0n) is 7.36. The summed E-state index contributed by atoms with van der Waals surface area (Å²) < 4.78 is 3.69. The molecule has 1 saturated heterocycles. The number of aromatic nitrogens is 3. The van der Waals surface area contributed by atoms with Crippen LogP contribution >= 0.6 is 11.5 Å². The average molecular weight is 199 g/mol. The molecule has 0 aromatic carbocycles. The van der Waals surface area contributed by atoms with E-state index in [1.807, 2.05) is 0 Å². The lowest BCUT2D eigenvalue weighted by Gasteiger charge is -2.22. The molecule has 1 aliphatic heterocycles. The van der Waals surface area contributed by atoms with Crippen LogP contribution in [0.3, 0.4) is 0 Å². The van der Waals surface area contributed by atoms with Gasteiger partial charge in [0.25, 0.3) is 0 Å². The van der Waals surface area contributed by atoms with E-state index < -0.39 is 0 Å². The molecular formula is C7H13N5S. The Morgan fingerprint density at radius 3 is 3.31 bits per heavy atom. The van der Waals surface area contributed by atoms with Gasteiger partial charge in [0.2, 0.25) is 5.13 Å². The molecule has 0 spiro atoms. The predicted octanol–water partition coefficient (Wildman–Crippen LogP) is 0.345. The Bertz CT molecular complexity index is 231. The molecule has 1 aliphatic rings. The van der Waals surface area contributed by atoms with Gasteiger partial charge in [0.1, 0.15) is 0 Å². The minimum atomic E-state index is 0.720. The van der Waals surface area contributed by atoms with Gasteiger partial charge in [0.05, 0.1) is 0 Å². The average Bonchev–Trinajstić information content (AvgIpc) is 2.69. The quantitative estimate of drug-likeness (QED) is 0.735. The van der Waals surface area contributed by atoms with E-state index in [0.717, 1.165) is 30.7 Å². The van der Waals surface area contributed by atoms with Gasteiger partial charge >= 0.3 is 0 Å². The first-order valence-corrected chi connectivity index (χ1v) is 5.32. The molecule has 0 amide bonds. The standard InChI is InChI=1S/C7H13N5S/c1-2-6(4-8-3-1)5-9-7-10-11-12-13-7/h6,8H,1-5H2,(H,9,10,12). The van der Waals surface area contributed by atoms with Crippen LogP contribution in [0.2, 0.25) is 0 Å². The number of nitrogens with one attached hydrogen (secondary N) is 2. The number of hydrogen-bond donors (Lipinski definition) is 2. The van der Waals surface area contributed by atoms with Crippen LogP contribution in [0.15, 0.2) is 0 Å². The van der Waals surface area contributed by atoms with Gasteiger partial charge < -0.3 is 10.6 Å². The highest BCUT2D eigenvalue weighted by Gasteiger charge is 2.12. The van der Waals surface area contributed by atoms with Crippen LogP contribution in [0.4, 0.5) is 5.13 Å². The van der Waals surface area contributed by atoms with Crippen molar-refractivity contribution >= 4 is 16.7 Å². The summed E-state index contributed by atoms with van der Waals surface area (Å²) in [5.41, 5.74) is 0. The molecule has 0 bridgehead atoms. The van der Waals surface area contributed by atoms with Crippen LogP contribution in [0.5, 0.6) is 0 Å². The molecule has 5 nitrogen and oxygen atoms in total. The smallest absolute Gasteiger partial charge is 0.225 e. The van der Waals surface area contributed by atoms with Crippen LogP contribution in [0.1, 0.15) is 12.8 Å². The molecular weight excluding hydrogens is 186 g/mol. The van der Waals surface area contributed by atoms with Gasteiger partial charge in [-0.25, -0.2) is 0 Å². The van der Waals surface area contributed by atoms with Gasteiger partial charge in [-0.15, -0.1) is 0 Å². The highest BCUT2D eigenvalue weighted by molar-refractivity contribution is 7.09. The maximum Gasteiger partial charge on any atom is 0.225 e. The lowest BCUT2D eigenvalue weighted by molar-refractivity contribution is 0.393. The van der Waals surface area contributed by atoms with Crippen LogP contribution in [-0.4, -0.2) is 34.4 Å². The lowest BCUT2D eigenvalue weighted by Crippen LogP contribution is -2.33. The lowest BCUT2D eigenvalue weighted by atomic mass is 10.00. The Labute approximate surface area is 81.1 Å². The monoisotopic (exact) mass is 199 g/mol. The Hall–Kier alpha value is -0.750. The summed E-state index contributed by atoms with van der Waals surface area (Å²) in [6.45, 7) is 3.25. The summed E-state index contributed by atoms with van der Waals surface area (Å²) in [4.78, 5) is 0. The van der Waals surface area contributed by atoms with Gasteiger partial charge in [-0.05, 0) is 37.1 Å². The summed E-state index contributed by atoms with van der Waals surface area (Å²) >= 11 is 1.31. The minimum absolute atomic E-state index is 0.720. The van der Waals surface area contributed by atoms with E-state index in [0.29, 0.717) is 0 Å². The fourth-order valence-corrected chi connectivity index (χ4v) is 1.90. The number of hydrogen-bond acceptors (Lipinski definition) is 6. The first-order chi connectivity index (χ1) is 6.45. The number of anilines is 1. The zero-order valence-corrected chi connectivity index (χ0v) is 8.18. The SMILES string of the molecule is C1CNCC(CNc2nnns2)C1. The van der Waals surface area contributed by atoms with Crippen LogP contribution in [0, 0.1) is 5.92 Å². The summed E-state index contributed by atoms with van der Waals surface area (Å²) in [6.07, 6.45) is 2.58. The third kappa shape index (κ3) is 2.60. The fourth-order valence-electron chi connectivity index (χ4n) is 1.53. The van der Waals surface area contributed by atoms with Crippen molar-refractivity contribution in [2.75, 3.05) is 25.0 Å². The normalized spacial score (nSPS) is 22.9. The van der Waals surface area contributed by atoms with E-state index in [-0.39, 0.29) is 0 Å². The largest absolute Gasteiger partial charge is 0.359 e. The van der Waals surface area contributed by atoms with Crippen molar-refractivity contribution in [1.29, 1.82) is 0 Å². The van der Waals surface area contributed by atoms with Crippen molar-refractivity contribution in [1.82, 2.24) is 20.1 Å². The molecule has 1 fully saturated rings. The predicted molar refractivity (Wildman–Crippen MR) is 51.8 cm³/mol. The first-order valence-electron chi connectivity index (χ1n) is 4.55. The van der Waals surface area contributed by atoms with E-state index in [1.54, 1.807) is 0 Å². The summed E-state index contributed by atoms with van der Waals surface area (Å²) in [5, 5.41) is 14.8. The topological polar surface area (TPSA) is 62.7 Å². The van der Waals surface area contributed by atoms with E-state index in [4.69, 9.17) is 0 Å². The van der Waals surface area contributed by atoms with Gasteiger partial charge in [0.15, 0.2) is 0 Å². The highest BCUT2D eigenvalue weighted by Crippen LogP contribution is 2.12. The third-order valence-corrected chi connectivity index (χ3v) is 2.79. The molecule has 1 aromatic rings. The van der Waals surface area contributed by atoms with Crippen LogP contribution < -0.4 is 10.6 Å². The van der Waals surface area contributed by atoms with E-state index in [2.05, 4.69) is 25.4 Å². The van der Waals surface area contributed by atoms with Gasteiger partial charge in [-0.2, -0.15) is 0 Å². The molecule has 1 unspecified atom stereocenters. The molecule has 0 radical (unpaired) electrons. The van der Waals surface area contributed by atoms with Crippen molar-refractivity contribution in [3.63, 3.8) is 0 Å². The van der Waals surface area contributed by atoms with Crippen molar-refractivity contribution in [2.45, 2.75) is 12.8 Å². The Morgan fingerprint density at radius 1 is 1.62 bits per heavy atom.